The molecule has 3 fully saturated rings. The summed E-state index contributed by atoms with van der Waals surface area (Å²) in [6, 6.07) is 7.01. The molecule has 0 spiro atoms. The molecule has 3 aliphatic rings. The molecule has 1 unspecified atom stereocenters. The highest BCUT2D eigenvalue weighted by Crippen LogP contribution is 2.31. The van der Waals surface area contributed by atoms with E-state index < -0.39 is 0 Å². The number of piperazine rings is 1. The summed E-state index contributed by atoms with van der Waals surface area (Å²) in [4.78, 5) is 5.25. The molecule has 0 saturated carbocycles. The van der Waals surface area contributed by atoms with Crippen LogP contribution in [0, 0.1) is 5.92 Å². The fraction of sp³-hybridized carbons (Fsp3) is 0.696. The number of piperidine rings is 2. The number of nitrogens with one attached hydrogen (secondary N) is 2. The Morgan fingerprint density at radius 3 is 2.59 bits per heavy atom. The van der Waals surface area contributed by atoms with Crippen LogP contribution in [0.1, 0.15) is 37.3 Å². The summed E-state index contributed by atoms with van der Waals surface area (Å²) in [5.74, 6) is 1.44. The SMILES string of the molecule is Cn1nc(C2CCCNC2)c2ccc(N3CCN(CC4CCNCC4)CC3)cc21. The van der Waals surface area contributed by atoms with E-state index in [2.05, 4.69) is 50.4 Å². The Hall–Kier alpha value is -1.63. The van der Waals surface area contributed by atoms with Gasteiger partial charge in [0.1, 0.15) is 0 Å². The van der Waals surface area contributed by atoms with Crippen LogP contribution in [-0.2, 0) is 7.05 Å². The Morgan fingerprint density at radius 2 is 1.83 bits per heavy atom. The number of hydrogen-bond donors (Lipinski definition) is 2. The highest BCUT2D eigenvalue weighted by atomic mass is 15.3. The first-order valence-electron chi connectivity index (χ1n) is 11.6. The maximum absolute atomic E-state index is 4.92. The van der Waals surface area contributed by atoms with Crippen molar-refractivity contribution in [3.8, 4) is 0 Å². The van der Waals surface area contributed by atoms with Crippen LogP contribution < -0.4 is 15.5 Å². The van der Waals surface area contributed by atoms with Crippen LogP contribution in [0.25, 0.3) is 10.9 Å². The molecule has 5 rings (SSSR count). The van der Waals surface area contributed by atoms with E-state index in [9.17, 15) is 0 Å². The number of fused-ring (bicyclic) bond motifs is 1. The number of nitrogens with zero attached hydrogens (tertiary/aromatic N) is 4. The zero-order valence-electron chi connectivity index (χ0n) is 17.9. The summed E-state index contributed by atoms with van der Waals surface area (Å²) < 4.78 is 2.09. The predicted octanol–water partition coefficient (Wildman–Crippen LogP) is 2.16. The van der Waals surface area contributed by atoms with Crippen LogP contribution in [0.15, 0.2) is 18.2 Å². The Kier molecular flexibility index (Phi) is 5.75. The number of anilines is 1. The van der Waals surface area contributed by atoms with Gasteiger partial charge in [-0.25, -0.2) is 0 Å². The van der Waals surface area contributed by atoms with Gasteiger partial charge in [-0.05, 0) is 69.4 Å². The van der Waals surface area contributed by atoms with Gasteiger partial charge >= 0.3 is 0 Å². The van der Waals surface area contributed by atoms with Gasteiger partial charge in [0.15, 0.2) is 0 Å². The number of hydrogen-bond acceptors (Lipinski definition) is 5. The van der Waals surface area contributed by atoms with Crippen molar-refractivity contribution in [1.82, 2.24) is 25.3 Å². The van der Waals surface area contributed by atoms with Crippen molar-refractivity contribution in [3.63, 3.8) is 0 Å². The molecule has 4 heterocycles. The van der Waals surface area contributed by atoms with E-state index in [0.717, 1.165) is 32.1 Å². The lowest BCUT2D eigenvalue weighted by Crippen LogP contribution is -2.48. The molecule has 1 atom stereocenters. The molecular formula is C23H36N6. The average Bonchev–Trinajstić information content (AvgIpc) is 3.12. The molecule has 0 radical (unpaired) electrons. The molecule has 0 aliphatic carbocycles. The third kappa shape index (κ3) is 4.16. The minimum Gasteiger partial charge on any atom is -0.369 e. The standard InChI is InChI=1S/C23H36N6/c1-27-22-15-20(4-5-21(22)23(26-27)19-3-2-8-25-16-19)29-13-11-28(12-14-29)17-18-6-9-24-10-7-18/h4-5,15,18-19,24-25H,2-3,6-14,16-17H2,1H3. The summed E-state index contributed by atoms with van der Waals surface area (Å²) in [6.07, 6.45) is 5.19. The lowest BCUT2D eigenvalue weighted by Gasteiger charge is -2.38. The van der Waals surface area contributed by atoms with Crippen molar-refractivity contribution in [1.29, 1.82) is 0 Å². The van der Waals surface area contributed by atoms with Gasteiger partial charge in [0.2, 0.25) is 0 Å². The smallest absolute Gasteiger partial charge is 0.0746 e. The molecule has 2 aromatic rings. The molecular weight excluding hydrogens is 360 g/mol. The monoisotopic (exact) mass is 396 g/mol. The topological polar surface area (TPSA) is 48.4 Å². The van der Waals surface area contributed by atoms with E-state index in [1.807, 2.05) is 0 Å². The van der Waals surface area contributed by atoms with Gasteiger partial charge in [0.25, 0.3) is 0 Å². The van der Waals surface area contributed by atoms with Gasteiger partial charge in [0, 0.05) is 63.3 Å². The fourth-order valence-corrected chi connectivity index (χ4v) is 5.48. The molecule has 6 heteroatoms. The molecule has 2 N–H and O–H groups in total. The van der Waals surface area contributed by atoms with E-state index in [0.29, 0.717) is 5.92 Å². The lowest BCUT2D eigenvalue weighted by atomic mass is 9.94. The molecule has 3 aliphatic heterocycles. The zero-order valence-corrected chi connectivity index (χ0v) is 17.9. The summed E-state index contributed by atoms with van der Waals surface area (Å²) in [6.45, 7) is 10.5. The van der Waals surface area contributed by atoms with Crippen molar-refractivity contribution >= 4 is 16.6 Å². The third-order valence-electron chi connectivity index (χ3n) is 7.26. The van der Waals surface area contributed by atoms with Crippen LogP contribution in [0.5, 0.6) is 0 Å². The Balaban J connectivity index is 1.26. The van der Waals surface area contributed by atoms with Gasteiger partial charge in [-0.1, -0.05) is 0 Å². The minimum atomic E-state index is 0.553. The molecule has 1 aromatic carbocycles. The largest absolute Gasteiger partial charge is 0.369 e. The van der Waals surface area contributed by atoms with E-state index in [1.165, 1.54) is 80.7 Å². The van der Waals surface area contributed by atoms with Crippen molar-refractivity contribution in [2.24, 2.45) is 13.0 Å². The average molecular weight is 397 g/mol. The van der Waals surface area contributed by atoms with E-state index in [4.69, 9.17) is 5.10 Å². The van der Waals surface area contributed by atoms with Crippen molar-refractivity contribution in [3.05, 3.63) is 23.9 Å². The Bertz CT molecular complexity index is 810. The van der Waals surface area contributed by atoms with Crippen molar-refractivity contribution < 1.29 is 0 Å². The maximum atomic E-state index is 4.92. The second kappa shape index (κ2) is 8.62. The van der Waals surface area contributed by atoms with E-state index in [-0.39, 0.29) is 0 Å². The van der Waals surface area contributed by atoms with Crippen molar-refractivity contribution in [2.75, 3.05) is 63.8 Å². The second-order valence-electron chi connectivity index (χ2n) is 9.23. The van der Waals surface area contributed by atoms with Crippen LogP contribution in [0.4, 0.5) is 5.69 Å². The normalized spacial score (nSPS) is 25.0. The zero-order chi connectivity index (χ0) is 19.6. The first-order chi connectivity index (χ1) is 14.3. The molecule has 0 bridgehead atoms. The molecule has 6 nitrogen and oxygen atoms in total. The van der Waals surface area contributed by atoms with Gasteiger partial charge in [-0.2, -0.15) is 5.10 Å². The first kappa shape index (κ1) is 19.3. The molecule has 1 aromatic heterocycles. The Labute approximate surface area is 174 Å². The van der Waals surface area contributed by atoms with Crippen LogP contribution in [-0.4, -0.2) is 73.6 Å². The van der Waals surface area contributed by atoms with Crippen LogP contribution in [0.2, 0.25) is 0 Å². The van der Waals surface area contributed by atoms with Crippen LogP contribution in [0.3, 0.4) is 0 Å². The number of rotatable bonds is 4. The summed E-state index contributed by atoms with van der Waals surface area (Å²) in [5.41, 5.74) is 3.92. The highest BCUT2D eigenvalue weighted by molar-refractivity contribution is 5.86. The summed E-state index contributed by atoms with van der Waals surface area (Å²) in [5, 5.41) is 13.3. The number of aryl methyl sites for hydroxylation is 1. The summed E-state index contributed by atoms with van der Waals surface area (Å²) >= 11 is 0. The quantitative estimate of drug-likeness (QED) is 0.829. The van der Waals surface area contributed by atoms with Crippen LogP contribution >= 0.6 is 0 Å². The maximum Gasteiger partial charge on any atom is 0.0746 e. The highest BCUT2D eigenvalue weighted by Gasteiger charge is 2.24. The van der Waals surface area contributed by atoms with Gasteiger partial charge in [-0.15, -0.1) is 0 Å². The van der Waals surface area contributed by atoms with Gasteiger partial charge in [-0.3, -0.25) is 9.58 Å². The molecule has 3 saturated heterocycles. The number of benzene rings is 1. The van der Waals surface area contributed by atoms with E-state index >= 15 is 0 Å². The Morgan fingerprint density at radius 1 is 1.00 bits per heavy atom. The summed E-state index contributed by atoms with van der Waals surface area (Å²) in [7, 11) is 2.10. The van der Waals surface area contributed by atoms with Crippen molar-refractivity contribution in [2.45, 2.75) is 31.6 Å². The predicted molar refractivity (Wildman–Crippen MR) is 120 cm³/mol. The molecule has 29 heavy (non-hydrogen) atoms. The number of aromatic nitrogens is 2. The molecule has 158 valence electrons. The minimum absolute atomic E-state index is 0.553. The van der Waals surface area contributed by atoms with Gasteiger partial charge < -0.3 is 15.5 Å². The second-order valence-corrected chi connectivity index (χ2v) is 9.23. The molecule has 0 amide bonds. The first-order valence-corrected chi connectivity index (χ1v) is 11.6. The lowest BCUT2D eigenvalue weighted by molar-refractivity contribution is 0.196. The van der Waals surface area contributed by atoms with Gasteiger partial charge in [0.05, 0.1) is 11.2 Å². The third-order valence-corrected chi connectivity index (χ3v) is 7.26. The fourth-order valence-electron chi connectivity index (χ4n) is 5.48. The van der Waals surface area contributed by atoms with E-state index in [1.54, 1.807) is 0 Å².